The summed E-state index contributed by atoms with van der Waals surface area (Å²) in [5, 5.41) is 19.6. The van der Waals surface area contributed by atoms with E-state index in [1.807, 2.05) is 37.3 Å². The highest BCUT2D eigenvalue weighted by Gasteiger charge is 2.48. The Hall–Kier alpha value is -3.28. The third-order valence-corrected chi connectivity index (χ3v) is 7.63. The summed E-state index contributed by atoms with van der Waals surface area (Å²) >= 11 is 0. The van der Waals surface area contributed by atoms with Crippen molar-refractivity contribution in [3.05, 3.63) is 87.6 Å². The lowest BCUT2D eigenvalue weighted by atomic mass is 9.73. The van der Waals surface area contributed by atoms with E-state index in [0.717, 1.165) is 17.7 Å². The maximum atomic E-state index is 13.4. The predicted molar refractivity (Wildman–Crippen MR) is 142 cm³/mol. The minimum atomic E-state index is -4.45. The summed E-state index contributed by atoms with van der Waals surface area (Å²) in [5.41, 5.74) is -0.0393. The van der Waals surface area contributed by atoms with Gasteiger partial charge in [-0.05, 0) is 56.4 Å². The van der Waals surface area contributed by atoms with Crippen LogP contribution in [0.5, 0.6) is 0 Å². The number of H-pyrrole nitrogens is 1. The zero-order valence-corrected chi connectivity index (χ0v) is 22.3. The van der Waals surface area contributed by atoms with Crippen LogP contribution in [0.4, 0.5) is 13.2 Å². The van der Waals surface area contributed by atoms with Gasteiger partial charge in [0.2, 0.25) is 0 Å². The molecule has 11 heteroatoms. The molecule has 2 heterocycles. The van der Waals surface area contributed by atoms with Gasteiger partial charge < -0.3 is 15.2 Å². The minimum absolute atomic E-state index is 0.183. The van der Waals surface area contributed by atoms with E-state index in [2.05, 4.69) is 20.5 Å². The molecule has 1 fully saturated rings. The molecule has 1 aliphatic rings. The molecule has 0 saturated carbocycles. The van der Waals surface area contributed by atoms with Gasteiger partial charge in [-0.3, -0.25) is 9.56 Å². The first-order valence-electron chi connectivity index (χ1n) is 12.9. The number of nitrogens with zero attached hydrogens (tertiary/aromatic N) is 3. The molecule has 1 aromatic heterocycles. The molecule has 8 nitrogen and oxygen atoms in total. The van der Waals surface area contributed by atoms with Crippen LogP contribution in [0.25, 0.3) is 0 Å². The Bertz CT molecular complexity index is 1340. The zero-order chi connectivity index (χ0) is 28.3. The molecule has 1 saturated heterocycles. The first-order valence-corrected chi connectivity index (χ1v) is 12.9. The molecule has 2 aromatic carbocycles. The van der Waals surface area contributed by atoms with Gasteiger partial charge in [0.15, 0.2) is 0 Å². The number of aromatic amines is 1. The van der Waals surface area contributed by atoms with E-state index in [-0.39, 0.29) is 12.3 Å². The van der Waals surface area contributed by atoms with E-state index in [0.29, 0.717) is 42.6 Å². The van der Waals surface area contributed by atoms with Gasteiger partial charge in [0.25, 0.3) is 0 Å². The topological polar surface area (TPSA) is 105 Å². The second kappa shape index (κ2) is 11.4. The van der Waals surface area contributed by atoms with Gasteiger partial charge in [-0.1, -0.05) is 48.9 Å². The average Bonchev–Trinajstić information content (AvgIpc) is 3.36. The van der Waals surface area contributed by atoms with Gasteiger partial charge in [0, 0.05) is 12.3 Å². The number of benzene rings is 2. The van der Waals surface area contributed by atoms with E-state index in [4.69, 9.17) is 4.74 Å². The molecule has 0 aliphatic carbocycles. The Balaban J connectivity index is 1.65. The highest BCUT2D eigenvalue weighted by Crippen LogP contribution is 2.40. The van der Waals surface area contributed by atoms with Gasteiger partial charge >= 0.3 is 11.9 Å². The number of rotatable bonds is 9. The first-order chi connectivity index (χ1) is 18.5. The third kappa shape index (κ3) is 5.85. The molecule has 3 N–H and O–H groups in total. The number of nitrogens with one attached hydrogen (secondary N) is 2. The van der Waals surface area contributed by atoms with E-state index >= 15 is 0 Å². The van der Waals surface area contributed by atoms with Crippen molar-refractivity contribution in [3.63, 3.8) is 0 Å². The fourth-order valence-corrected chi connectivity index (χ4v) is 5.51. The highest BCUT2D eigenvalue weighted by atomic mass is 19.4. The SMILES string of the molecule is CC/C(=N\CO)[C@]1(n2cn[nH]c2=O)CC[C@@](CO[C@H](C)c2cc(C)cc(C(F)(F)F)c2)(c2ccccc2)NC1. The molecule has 3 aromatic rings. The smallest absolute Gasteiger partial charge is 0.375 e. The van der Waals surface area contributed by atoms with Crippen molar-refractivity contribution in [1.29, 1.82) is 0 Å². The fraction of sp³-hybridized carbons (Fsp3) is 0.464. The molecule has 3 atom stereocenters. The summed E-state index contributed by atoms with van der Waals surface area (Å²) in [6.07, 6.45) is -2.08. The summed E-state index contributed by atoms with van der Waals surface area (Å²) in [5.74, 6) is 0. The maximum Gasteiger partial charge on any atom is 0.416 e. The van der Waals surface area contributed by atoms with E-state index in [1.54, 1.807) is 19.9 Å². The van der Waals surface area contributed by atoms with Crippen molar-refractivity contribution < 1.29 is 23.0 Å². The predicted octanol–water partition coefficient (Wildman–Crippen LogP) is 4.45. The number of hydrogen-bond donors (Lipinski definition) is 3. The van der Waals surface area contributed by atoms with E-state index in [9.17, 15) is 23.1 Å². The van der Waals surface area contributed by atoms with Crippen molar-refractivity contribution in [2.24, 2.45) is 4.99 Å². The number of alkyl halides is 3. The molecular weight excluding hydrogens is 511 g/mol. The zero-order valence-electron chi connectivity index (χ0n) is 22.3. The van der Waals surface area contributed by atoms with Crippen LogP contribution in [0.1, 0.15) is 61.5 Å². The third-order valence-electron chi connectivity index (χ3n) is 7.63. The molecule has 1 aliphatic heterocycles. The van der Waals surface area contributed by atoms with Gasteiger partial charge in [0.1, 0.15) is 18.6 Å². The van der Waals surface area contributed by atoms with Crippen LogP contribution in [-0.2, 0) is 22.0 Å². The molecule has 0 bridgehead atoms. The molecule has 0 amide bonds. The molecule has 210 valence electrons. The average molecular weight is 546 g/mol. The normalized spacial score (nSPS) is 23.1. The second-order valence-corrected chi connectivity index (χ2v) is 10.0. The Kier molecular flexibility index (Phi) is 8.43. The van der Waals surface area contributed by atoms with Crippen molar-refractivity contribution in [1.82, 2.24) is 20.1 Å². The number of aryl methyl sites for hydroxylation is 1. The molecule has 4 rings (SSSR count). The number of aliphatic hydroxyl groups excluding tert-OH is 1. The van der Waals surface area contributed by atoms with Crippen LogP contribution in [0, 0.1) is 6.92 Å². The lowest BCUT2D eigenvalue weighted by molar-refractivity contribution is -0.137. The minimum Gasteiger partial charge on any atom is -0.375 e. The number of ether oxygens (including phenoxy) is 1. The fourth-order valence-electron chi connectivity index (χ4n) is 5.51. The van der Waals surface area contributed by atoms with E-state index in [1.165, 1.54) is 10.9 Å². The van der Waals surface area contributed by atoms with Gasteiger partial charge in [0.05, 0.1) is 23.8 Å². The van der Waals surface area contributed by atoms with Crippen LogP contribution in [0.3, 0.4) is 0 Å². The number of hydrogen-bond acceptors (Lipinski definition) is 6. The number of halogens is 3. The summed E-state index contributed by atoms with van der Waals surface area (Å²) in [7, 11) is 0. The van der Waals surface area contributed by atoms with Gasteiger partial charge in [-0.25, -0.2) is 9.89 Å². The summed E-state index contributed by atoms with van der Waals surface area (Å²) in [4.78, 5) is 17.0. The first kappa shape index (κ1) is 28.7. The van der Waals surface area contributed by atoms with Crippen LogP contribution >= 0.6 is 0 Å². The molecule has 0 unspecified atom stereocenters. The van der Waals surface area contributed by atoms with Crippen molar-refractivity contribution in [2.75, 3.05) is 19.9 Å². The summed E-state index contributed by atoms with van der Waals surface area (Å²) < 4.78 is 48.1. The van der Waals surface area contributed by atoms with Crippen molar-refractivity contribution in [3.8, 4) is 0 Å². The monoisotopic (exact) mass is 545 g/mol. The van der Waals surface area contributed by atoms with Gasteiger partial charge in [-0.15, -0.1) is 0 Å². The summed E-state index contributed by atoms with van der Waals surface area (Å²) in [6.45, 7) is 5.38. The quantitative estimate of drug-likeness (QED) is 0.345. The van der Waals surface area contributed by atoms with Crippen LogP contribution < -0.4 is 11.0 Å². The van der Waals surface area contributed by atoms with Crippen LogP contribution in [-0.4, -0.2) is 45.5 Å². The number of aliphatic hydroxyl groups is 1. The summed E-state index contributed by atoms with van der Waals surface area (Å²) in [6, 6.07) is 13.7. The highest BCUT2D eigenvalue weighted by molar-refractivity contribution is 5.92. The molecule has 0 radical (unpaired) electrons. The van der Waals surface area contributed by atoms with Gasteiger partial charge in [-0.2, -0.15) is 18.3 Å². The van der Waals surface area contributed by atoms with E-state index < -0.39 is 35.7 Å². The Morgan fingerprint density at radius 2 is 1.97 bits per heavy atom. The lowest BCUT2D eigenvalue weighted by Crippen LogP contribution is -2.63. The Morgan fingerprint density at radius 1 is 1.23 bits per heavy atom. The Labute approximate surface area is 224 Å². The van der Waals surface area contributed by atoms with Crippen molar-refractivity contribution in [2.45, 2.75) is 63.4 Å². The Morgan fingerprint density at radius 3 is 2.54 bits per heavy atom. The number of piperidine rings is 1. The second-order valence-electron chi connectivity index (χ2n) is 10.0. The van der Waals surface area contributed by atoms with Crippen LogP contribution in [0.2, 0.25) is 0 Å². The van der Waals surface area contributed by atoms with Crippen LogP contribution in [0.15, 0.2) is 64.6 Å². The molecule has 0 spiro atoms. The molecule has 39 heavy (non-hydrogen) atoms. The number of aromatic nitrogens is 3. The molecular formula is C28H34F3N5O3. The standard InChI is InChI=1S/C28H34F3N5O3/c1-4-24(32-18-37)27(36-17-34-35-25(36)38)11-10-26(33-15-27,22-8-6-5-7-9-22)16-39-20(3)21-12-19(2)13-23(14-21)28(29,30)31/h5-9,12-14,17,20,33,37H,4,10-11,15-16,18H2,1-3H3,(H,35,38)/b32-24+/t20-,26-,27+/m1/s1. The number of aliphatic imine (C=N–C) groups is 1. The largest absolute Gasteiger partial charge is 0.416 e. The van der Waals surface area contributed by atoms with Crippen molar-refractivity contribution >= 4 is 5.71 Å². The maximum absolute atomic E-state index is 13.4. The lowest BCUT2D eigenvalue weighted by Gasteiger charge is -2.48.